The second-order valence-corrected chi connectivity index (χ2v) is 9.10. The Balaban J connectivity index is 1.57. The van der Waals surface area contributed by atoms with Gasteiger partial charge in [-0.15, -0.1) is 0 Å². The van der Waals surface area contributed by atoms with E-state index in [2.05, 4.69) is 0 Å². The standard InChI is InChI=1S/C19H20Cl2N2O3S/c20-17-8-7-16(14-18(17)21)27(25,26)23-12-10-22(11-13-23)19(24)9-6-15-4-2-1-3-5-15/h1-5,7-8,14H,6,9-13H2. The summed E-state index contributed by atoms with van der Waals surface area (Å²) in [7, 11) is -3.65. The van der Waals surface area contributed by atoms with Gasteiger partial charge in [0, 0.05) is 32.6 Å². The number of nitrogens with zero attached hydrogens (tertiary/aromatic N) is 2. The van der Waals surface area contributed by atoms with Crippen LogP contribution in [0.15, 0.2) is 53.4 Å². The van der Waals surface area contributed by atoms with Crippen molar-refractivity contribution in [1.29, 1.82) is 0 Å². The molecular weight excluding hydrogens is 407 g/mol. The van der Waals surface area contributed by atoms with E-state index in [1.54, 1.807) is 4.90 Å². The molecule has 0 saturated carbocycles. The number of sulfonamides is 1. The van der Waals surface area contributed by atoms with Crippen molar-refractivity contribution in [1.82, 2.24) is 9.21 Å². The van der Waals surface area contributed by atoms with Gasteiger partial charge in [0.15, 0.2) is 0 Å². The Morgan fingerprint density at radius 3 is 2.22 bits per heavy atom. The molecule has 2 aromatic rings. The van der Waals surface area contributed by atoms with E-state index in [0.717, 1.165) is 5.56 Å². The van der Waals surface area contributed by atoms with Gasteiger partial charge in [0.1, 0.15) is 0 Å². The van der Waals surface area contributed by atoms with Crippen LogP contribution >= 0.6 is 23.2 Å². The lowest BCUT2D eigenvalue weighted by atomic mass is 10.1. The third-order valence-electron chi connectivity index (χ3n) is 4.59. The monoisotopic (exact) mass is 426 g/mol. The van der Waals surface area contributed by atoms with Crippen LogP contribution in [0.2, 0.25) is 10.0 Å². The Morgan fingerprint density at radius 1 is 0.926 bits per heavy atom. The topological polar surface area (TPSA) is 57.7 Å². The van der Waals surface area contributed by atoms with E-state index in [4.69, 9.17) is 23.2 Å². The van der Waals surface area contributed by atoms with Crippen LogP contribution in [0.25, 0.3) is 0 Å². The molecule has 1 saturated heterocycles. The summed E-state index contributed by atoms with van der Waals surface area (Å²) < 4.78 is 26.9. The highest BCUT2D eigenvalue weighted by Gasteiger charge is 2.30. The summed E-state index contributed by atoms with van der Waals surface area (Å²) in [6.07, 6.45) is 1.10. The van der Waals surface area contributed by atoms with Gasteiger partial charge in [-0.2, -0.15) is 4.31 Å². The third kappa shape index (κ3) is 4.82. The average Bonchev–Trinajstić information content (AvgIpc) is 2.69. The van der Waals surface area contributed by atoms with Gasteiger partial charge in [0.25, 0.3) is 0 Å². The van der Waals surface area contributed by atoms with Crippen LogP contribution in [-0.4, -0.2) is 49.7 Å². The van der Waals surface area contributed by atoms with Gasteiger partial charge in [0.05, 0.1) is 14.9 Å². The lowest BCUT2D eigenvalue weighted by Crippen LogP contribution is -2.50. The number of rotatable bonds is 5. The first kappa shape index (κ1) is 20.1. The normalized spacial score (nSPS) is 15.7. The summed E-state index contributed by atoms with van der Waals surface area (Å²) in [4.78, 5) is 14.2. The van der Waals surface area contributed by atoms with Crippen LogP contribution in [0, 0.1) is 0 Å². The van der Waals surface area contributed by atoms with E-state index in [9.17, 15) is 13.2 Å². The Labute approximate surface area is 169 Å². The molecule has 27 heavy (non-hydrogen) atoms. The molecule has 0 aliphatic carbocycles. The number of hydrogen-bond acceptors (Lipinski definition) is 3. The molecular formula is C19H20Cl2N2O3S. The van der Waals surface area contributed by atoms with Crippen molar-refractivity contribution in [2.24, 2.45) is 0 Å². The van der Waals surface area contributed by atoms with Gasteiger partial charge in [-0.25, -0.2) is 8.42 Å². The molecule has 1 aliphatic heterocycles. The maximum absolute atomic E-state index is 12.8. The highest BCUT2D eigenvalue weighted by molar-refractivity contribution is 7.89. The van der Waals surface area contributed by atoms with Gasteiger partial charge >= 0.3 is 0 Å². The van der Waals surface area contributed by atoms with Gasteiger partial charge in [0.2, 0.25) is 15.9 Å². The zero-order chi connectivity index (χ0) is 19.4. The molecule has 3 rings (SSSR count). The Hall–Kier alpha value is -1.60. The van der Waals surface area contributed by atoms with Crippen molar-refractivity contribution in [3.05, 3.63) is 64.1 Å². The highest BCUT2D eigenvalue weighted by atomic mass is 35.5. The first-order chi connectivity index (χ1) is 12.9. The number of hydrogen-bond donors (Lipinski definition) is 0. The smallest absolute Gasteiger partial charge is 0.243 e. The molecule has 1 fully saturated rings. The van der Waals surface area contributed by atoms with Crippen molar-refractivity contribution in [3.8, 4) is 0 Å². The fourth-order valence-electron chi connectivity index (χ4n) is 3.02. The van der Waals surface area contributed by atoms with Gasteiger partial charge in [-0.3, -0.25) is 4.79 Å². The summed E-state index contributed by atoms with van der Waals surface area (Å²) in [5, 5.41) is 0.511. The Bertz CT molecular complexity index is 912. The number of piperazine rings is 1. The first-order valence-electron chi connectivity index (χ1n) is 8.65. The van der Waals surface area contributed by atoms with Crippen LogP contribution in [0.1, 0.15) is 12.0 Å². The zero-order valence-corrected chi connectivity index (χ0v) is 17.0. The van der Waals surface area contributed by atoms with E-state index in [-0.39, 0.29) is 28.9 Å². The molecule has 0 aromatic heterocycles. The molecule has 0 radical (unpaired) electrons. The lowest BCUT2D eigenvalue weighted by molar-refractivity contribution is -0.132. The fraction of sp³-hybridized carbons (Fsp3) is 0.316. The lowest BCUT2D eigenvalue weighted by Gasteiger charge is -2.34. The SMILES string of the molecule is O=C(CCc1ccccc1)N1CCN(S(=O)(=O)c2ccc(Cl)c(Cl)c2)CC1. The predicted molar refractivity (Wildman–Crippen MR) is 107 cm³/mol. The van der Waals surface area contributed by atoms with Crippen LogP contribution < -0.4 is 0 Å². The second-order valence-electron chi connectivity index (χ2n) is 6.35. The molecule has 0 unspecified atom stereocenters. The van der Waals surface area contributed by atoms with E-state index in [1.807, 2.05) is 30.3 Å². The van der Waals surface area contributed by atoms with Gasteiger partial charge in [-0.1, -0.05) is 53.5 Å². The van der Waals surface area contributed by atoms with Crippen molar-refractivity contribution >= 4 is 39.1 Å². The average molecular weight is 427 g/mol. The Kier molecular flexibility index (Phi) is 6.42. The van der Waals surface area contributed by atoms with Crippen LogP contribution in [0.3, 0.4) is 0 Å². The molecule has 0 spiro atoms. The summed E-state index contributed by atoms with van der Waals surface area (Å²) in [6, 6.07) is 14.1. The van der Waals surface area contributed by atoms with Crippen LogP contribution in [-0.2, 0) is 21.2 Å². The molecule has 0 atom stereocenters. The maximum Gasteiger partial charge on any atom is 0.243 e. The number of amides is 1. The summed E-state index contributed by atoms with van der Waals surface area (Å²) in [5.74, 6) is 0.0467. The van der Waals surface area contributed by atoms with E-state index >= 15 is 0 Å². The number of carbonyl (C=O) groups is 1. The third-order valence-corrected chi connectivity index (χ3v) is 7.22. The van der Waals surface area contributed by atoms with Gasteiger partial charge in [-0.05, 0) is 30.2 Å². The minimum atomic E-state index is -3.65. The van der Waals surface area contributed by atoms with Crippen molar-refractivity contribution in [2.45, 2.75) is 17.7 Å². The molecule has 0 N–H and O–H groups in total. The van der Waals surface area contributed by atoms with Crippen molar-refractivity contribution < 1.29 is 13.2 Å². The van der Waals surface area contributed by atoms with E-state index in [1.165, 1.54) is 22.5 Å². The number of benzene rings is 2. The summed E-state index contributed by atoms with van der Waals surface area (Å²) >= 11 is 11.8. The molecule has 2 aromatic carbocycles. The largest absolute Gasteiger partial charge is 0.340 e. The summed E-state index contributed by atoms with van der Waals surface area (Å²) in [5.41, 5.74) is 1.12. The number of carbonyl (C=O) groups excluding carboxylic acids is 1. The van der Waals surface area contributed by atoms with E-state index in [0.29, 0.717) is 31.0 Å². The molecule has 5 nitrogen and oxygen atoms in total. The number of aryl methyl sites for hydroxylation is 1. The first-order valence-corrected chi connectivity index (χ1v) is 10.8. The molecule has 144 valence electrons. The molecule has 1 amide bonds. The minimum Gasteiger partial charge on any atom is -0.340 e. The second kappa shape index (κ2) is 8.61. The van der Waals surface area contributed by atoms with Crippen LogP contribution in [0.4, 0.5) is 0 Å². The fourth-order valence-corrected chi connectivity index (χ4v) is 4.83. The maximum atomic E-state index is 12.8. The predicted octanol–water partition coefficient (Wildman–Crippen LogP) is 3.46. The van der Waals surface area contributed by atoms with Crippen molar-refractivity contribution in [3.63, 3.8) is 0 Å². The molecule has 0 bridgehead atoms. The minimum absolute atomic E-state index is 0.0467. The van der Waals surface area contributed by atoms with Crippen molar-refractivity contribution in [2.75, 3.05) is 26.2 Å². The highest BCUT2D eigenvalue weighted by Crippen LogP contribution is 2.27. The molecule has 1 aliphatic rings. The Morgan fingerprint density at radius 2 is 1.59 bits per heavy atom. The molecule has 1 heterocycles. The number of halogens is 2. The van der Waals surface area contributed by atoms with E-state index < -0.39 is 10.0 Å². The molecule has 8 heteroatoms. The van der Waals surface area contributed by atoms with Gasteiger partial charge < -0.3 is 4.90 Å². The zero-order valence-electron chi connectivity index (χ0n) is 14.6. The summed E-state index contributed by atoms with van der Waals surface area (Å²) in [6.45, 7) is 1.29. The quantitative estimate of drug-likeness (QED) is 0.735. The van der Waals surface area contributed by atoms with Crippen LogP contribution in [0.5, 0.6) is 0 Å².